The Kier molecular flexibility index (Phi) is 3.24. The van der Waals surface area contributed by atoms with Gasteiger partial charge in [-0.3, -0.25) is 0 Å². The van der Waals surface area contributed by atoms with Crippen molar-refractivity contribution in [1.29, 1.82) is 0 Å². The maximum Gasteiger partial charge on any atom is 0.120 e. The minimum atomic E-state index is 0.905. The lowest BCUT2D eigenvalue weighted by atomic mass is 10.1. The molecule has 1 aliphatic rings. The number of ether oxygens (including phenoxy) is 1. The number of H-pyrrole nitrogens is 1. The van der Waals surface area contributed by atoms with E-state index in [1.165, 1.54) is 30.3 Å². The highest BCUT2D eigenvalue weighted by Gasteiger charge is 2.20. The smallest absolute Gasteiger partial charge is 0.120 e. The van der Waals surface area contributed by atoms with Gasteiger partial charge in [0.25, 0.3) is 0 Å². The molecule has 3 heteroatoms. The third-order valence-electron chi connectivity index (χ3n) is 3.68. The maximum atomic E-state index is 5.23. The number of hydrogen-bond acceptors (Lipinski definition) is 2. The zero-order valence-electron chi connectivity index (χ0n) is 10.8. The summed E-state index contributed by atoms with van der Waals surface area (Å²) >= 11 is 0. The average molecular weight is 244 g/mol. The third-order valence-corrected chi connectivity index (χ3v) is 3.68. The van der Waals surface area contributed by atoms with E-state index in [4.69, 9.17) is 4.74 Å². The lowest BCUT2D eigenvalue weighted by Gasteiger charge is -2.03. The fraction of sp³-hybridized carbons (Fsp3) is 0.467. The molecule has 0 bridgehead atoms. The molecule has 18 heavy (non-hydrogen) atoms. The number of aromatic nitrogens is 1. The van der Waals surface area contributed by atoms with E-state index in [0.717, 1.165) is 30.1 Å². The minimum absolute atomic E-state index is 0.905. The van der Waals surface area contributed by atoms with Gasteiger partial charge in [0.2, 0.25) is 0 Å². The van der Waals surface area contributed by atoms with Crippen LogP contribution in [0.1, 0.15) is 18.4 Å². The Hall–Kier alpha value is -1.48. The minimum Gasteiger partial charge on any atom is -0.497 e. The molecule has 1 heterocycles. The van der Waals surface area contributed by atoms with Crippen LogP contribution in [0.2, 0.25) is 0 Å². The van der Waals surface area contributed by atoms with Crippen molar-refractivity contribution in [1.82, 2.24) is 10.3 Å². The Bertz CT molecular complexity index is 528. The molecule has 1 fully saturated rings. The number of aromatic amines is 1. The second-order valence-electron chi connectivity index (χ2n) is 5.12. The van der Waals surface area contributed by atoms with E-state index in [9.17, 15) is 0 Å². The number of hydrogen-bond donors (Lipinski definition) is 2. The van der Waals surface area contributed by atoms with E-state index in [0.29, 0.717) is 0 Å². The quantitative estimate of drug-likeness (QED) is 0.767. The molecule has 1 aliphatic carbocycles. The lowest BCUT2D eigenvalue weighted by Crippen LogP contribution is -2.19. The Labute approximate surface area is 108 Å². The Morgan fingerprint density at radius 3 is 3.06 bits per heavy atom. The van der Waals surface area contributed by atoms with Gasteiger partial charge in [-0.1, -0.05) is 0 Å². The largest absolute Gasteiger partial charge is 0.497 e. The van der Waals surface area contributed by atoms with Crippen molar-refractivity contribution in [2.75, 3.05) is 20.2 Å². The lowest BCUT2D eigenvalue weighted by molar-refractivity contribution is 0.415. The van der Waals surface area contributed by atoms with E-state index in [1.54, 1.807) is 7.11 Å². The first kappa shape index (κ1) is 11.6. The van der Waals surface area contributed by atoms with Gasteiger partial charge in [0.15, 0.2) is 0 Å². The van der Waals surface area contributed by atoms with E-state index >= 15 is 0 Å². The summed E-state index contributed by atoms with van der Waals surface area (Å²) in [6, 6.07) is 6.22. The average Bonchev–Trinajstić information content (AvgIpc) is 3.14. The normalized spacial score (nSPS) is 15.2. The highest BCUT2D eigenvalue weighted by molar-refractivity contribution is 5.84. The second kappa shape index (κ2) is 5.02. The standard InChI is InChI=1S/C15H20N2O/c1-18-13-4-5-14-12(10-17-15(14)8-13)6-7-16-9-11-2-3-11/h4-5,8,10-11,16-17H,2-3,6-7,9H2,1H3. The highest BCUT2D eigenvalue weighted by atomic mass is 16.5. The number of methoxy groups -OCH3 is 1. The maximum absolute atomic E-state index is 5.23. The van der Waals surface area contributed by atoms with Crippen molar-refractivity contribution in [3.63, 3.8) is 0 Å². The van der Waals surface area contributed by atoms with E-state index in [-0.39, 0.29) is 0 Å². The molecule has 1 aromatic carbocycles. The van der Waals surface area contributed by atoms with Crippen molar-refractivity contribution < 1.29 is 4.74 Å². The van der Waals surface area contributed by atoms with Crippen LogP contribution in [-0.2, 0) is 6.42 Å². The number of benzene rings is 1. The molecule has 2 aromatic rings. The fourth-order valence-corrected chi connectivity index (χ4v) is 2.35. The van der Waals surface area contributed by atoms with Crippen LogP contribution in [0, 0.1) is 5.92 Å². The Morgan fingerprint density at radius 1 is 1.39 bits per heavy atom. The zero-order chi connectivity index (χ0) is 12.4. The summed E-state index contributed by atoms with van der Waals surface area (Å²) in [6.45, 7) is 2.26. The van der Waals surface area contributed by atoms with Crippen LogP contribution < -0.4 is 10.1 Å². The fourth-order valence-electron chi connectivity index (χ4n) is 2.35. The predicted octanol–water partition coefficient (Wildman–Crippen LogP) is 2.72. The SMILES string of the molecule is COc1ccc2c(CCNCC3CC3)c[nH]c2c1. The van der Waals surface area contributed by atoms with Gasteiger partial charge in [-0.2, -0.15) is 0 Å². The number of fused-ring (bicyclic) bond motifs is 1. The molecule has 96 valence electrons. The monoisotopic (exact) mass is 244 g/mol. The molecule has 3 nitrogen and oxygen atoms in total. The van der Waals surface area contributed by atoms with Crippen LogP contribution in [0.5, 0.6) is 5.75 Å². The van der Waals surface area contributed by atoms with E-state index in [2.05, 4.69) is 28.6 Å². The molecule has 0 spiro atoms. The molecule has 0 saturated heterocycles. The molecule has 0 amide bonds. The first-order chi connectivity index (χ1) is 8.86. The first-order valence-corrected chi connectivity index (χ1v) is 6.71. The van der Waals surface area contributed by atoms with Crippen LogP contribution in [-0.4, -0.2) is 25.2 Å². The van der Waals surface area contributed by atoms with Crippen LogP contribution in [0.15, 0.2) is 24.4 Å². The third kappa shape index (κ3) is 2.51. The first-order valence-electron chi connectivity index (χ1n) is 6.71. The Morgan fingerprint density at radius 2 is 2.28 bits per heavy atom. The van der Waals surface area contributed by atoms with Crippen LogP contribution >= 0.6 is 0 Å². The van der Waals surface area contributed by atoms with Gasteiger partial charge < -0.3 is 15.0 Å². The molecule has 1 saturated carbocycles. The van der Waals surface area contributed by atoms with Crippen LogP contribution in [0.4, 0.5) is 0 Å². The number of rotatable bonds is 6. The summed E-state index contributed by atoms with van der Waals surface area (Å²) in [5, 5.41) is 4.84. The molecule has 2 N–H and O–H groups in total. The van der Waals surface area contributed by atoms with Gasteiger partial charge in [-0.05, 0) is 56.0 Å². The molecule has 0 aliphatic heterocycles. The summed E-state index contributed by atoms with van der Waals surface area (Å²) in [4.78, 5) is 3.32. The molecule has 3 rings (SSSR count). The van der Waals surface area contributed by atoms with Gasteiger partial charge in [0.1, 0.15) is 5.75 Å². The van der Waals surface area contributed by atoms with Crippen molar-refractivity contribution in [2.24, 2.45) is 5.92 Å². The highest BCUT2D eigenvalue weighted by Crippen LogP contribution is 2.27. The van der Waals surface area contributed by atoms with Crippen molar-refractivity contribution in [2.45, 2.75) is 19.3 Å². The van der Waals surface area contributed by atoms with Gasteiger partial charge in [-0.25, -0.2) is 0 Å². The van der Waals surface area contributed by atoms with E-state index < -0.39 is 0 Å². The molecule has 1 aromatic heterocycles. The van der Waals surface area contributed by atoms with Crippen molar-refractivity contribution in [3.8, 4) is 5.75 Å². The molecule has 0 radical (unpaired) electrons. The van der Waals surface area contributed by atoms with E-state index in [1.807, 2.05) is 6.07 Å². The van der Waals surface area contributed by atoms with Gasteiger partial charge in [0, 0.05) is 23.2 Å². The zero-order valence-corrected chi connectivity index (χ0v) is 10.8. The predicted molar refractivity (Wildman–Crippen MR) is 74.1 cm³/mol. The molecule has 0 atom stereocenters. The number of nitrogens with one attached hydrogen (secondary N) is 2. The summed E-state index contributed by atoms with van der Waals surface area (Å²) in [7, 11) is 1.70. The van der Waals surface area contributed by atoms with Gasteiger partial charge in [0.05, 0.1) is 7.11 Å². The van der Waals surface area contributed by atoms with Crippen LogP contribution in [0.25, 0.3) is 10.9 Å². The van der Waals surface area contributed by atoms with Crippen molar-refractivity contribution in [3.05, 3.63) is 30.0 Å². The second-order valence-corrected chi connectivity index (χ2v) is 5.12. The summed E-state index contributed by atoms with van der Waals surface area (Å²) in [5.74, 6) is 1.86. The van der Waals surface area contributed by atoms with Crippen molar-refractivity contribution >= 4 is 10.9 Å². The summed E-state index contributed by atoms with van der Waals surface area (Å²) in [5.41, 5.74) is 2.54. The Balaban J connectivity index is 1.63. The van der Waals surface area contributed by atoms with Crippen LogP contribution in [0.3, 0.4) is 0 Å². The topological polar surface area (TPSA) is 37.0 Å². The molecular formula is C15H20N2O. The van der Waals surface area contributed by atoms with Gasteiger partial charge in [-0.15, -0.1) is 0 Å². The molecular weight excluding hydrogens is 224 g/mol. The summed E-state index contributed by atoms with van der Waals surface area (Å²) < 4.78 is 5.23. The molecule has 0 unspecified atom stereocenters. The summed E-state index contributed by atoms with van der Waals surface area (Å²) in [6.07, 6.45) is 6.03. The van der Waals surface area contributed by atoms with Gasteiger partial charge >= 0.3 is 0 Å².